The molecule has 116 valence electrons. The van der Waals surface area contributed by atoms with Gasteiger partial charge in [-0.2, -0.15) is 22.0 Å². The van der Waals surface area contributed by atoms with Crippen molar-refractivity contribution in [1.82, 2.24) is 4.90 Å². The number of hydrogen-bond acceptors (Lipinski definition) is 1. The first-order valence-electron chi connectivity index (χ1n) is 7.01. The van der Waals surface area contributed by atoms with Crippen molar-refractivity contribution in [2.45, 2.75) is 63.1 Å². The number of amides is 1. The van der Waals surface area contributed by atoms with Crippen LogP contribution in [0.1, 0.15) is 44.9 Å². The molecule has 1 aliphatic carbocycles. The van der Waals surface area contributed by atoms with E-state index in [0.29, 0.717) is 12.8 Å². The summed E-state index contributed by atoms with van der Waals surface area (Å²) < 4.78 is 63.3. The van der Waals surface area contributed by atoms with Crippen molar-refractivity contribution in [3.05, 3.63) is 0 Å². The molecule has 7 heteroatoms. The normalized spacial score (nSPS) is 26.1. The van der Waals surface area contributed by atoms with E-state index in [-0.39, 0.29) is 12.5 Å². The van der Waals surface area contributed by atoms with Crippen molar-refractivity contribution in [1.29, 1.82) is 0 Å². The zero-order valence-electron chi connectivity index (χ0n) is 11.1. The fourth-order valence-electron chi connectivity index (χ4n) is 3.36. The predicted octanol–water partition coefficient (Wildman–Crippen LogP) is 3.76. The highest BCUT2D eigenvalue weighted by atomic mass is 19.4. The number of carbonyl (C=O) groups excluding carboxylic acids is 1. The van der Waals surface area contributed by atoms with Crippen LogP contribution in [0.3, 0.4) is 0 Å². The summed E-state index contributed by atoms with van der Waals surface area (Å²) in [5.41, 5.74) is 0. The number of alkyl halides is 5. The van der Waals surface area contributed by atoms with Crippen LogP contribution in [0.2, 0.25) is 0 Å². The van der Waals surface area contributed by atoms with Crippen LogP contribution in [-0.4, -0.2) is 35.5 Å². The highest BCUT2D eigenvalue weighted by Crippen LogP contribution is 2.41. The fraction of sp³-hybridized carbons (Fsp3) is 0.923. The van der Waals surface area contributed by atoms with Crippen molar-refractivity contribution < 1.29 is 26.7 Å². The Bertz CT molecular complexity index is 362. The zero-order valence-corrected chi connectivity index (χ0v) is 11.1. The Morgan fingerprint density at radius 3 is 2.05 bits per heavy atom. The van der Waals surface area contributed by atoms with Crippen molar-refractivity contribution in [2.24, 2.45) is 5.92 Å². The van der Waals surface area contributed by atoms with Gasteiger partial charge in [0, 0.05) is 12.6 Å². The lowest BCUT2D eigenvalue weighted by Crippen LogP contribution is -2.54. The molecule has 1 amide bonds. The summed E-state index contributed by atoms with van der Waals surface area (Å²) in [5.74, 6) is -7.28. The topological polar surface area (TPSA) is 20.3 Å². The third kappa shape index (κ3) is 2.76. The Morgan fingerprint density at radius 2 is 1.50 bits per heavy atom. The third-order valence-corrected chi connectivity index (χ3v) is 4.38. The maximum absolute atomic E-state index is 13.2. The van der Waals surface area contributed by atoms with Gasteiger partial charge in [0.05, 0.1) is 0 Å². The molecular formula is C13H18F5NO. The lowest BCUT2D eigenvalue weighted by Gasteiger charge is -2.35. The lowest BCUT2D eigenvalue weighted by atomic mass is 9.83. The first-order valence-corrected chi connectivity index (χ1v) is 7.01. The molecule has 0 aromatic carbocycles. The van der Waals surface area contributed by atoms with E-state index in [2.05, 4.69) is 0 Å². The number of nitrogens with zero attached hydrogens (tertiary/aromatic N) is 1. The summed E-state index contributed by atoms with van der Waals surface area (Å²) in [6.45, 7) is 0.00562. The Balaban J connectivity index is 2.12. The second-order valence-corrected chi connectivity index (χ2v) is 5.68. The van der Waals surface area contributed by atoms with E-state index >= 15 is 0 Å². The van der Waals surface area contributed by atoms with Gasteiger partial charge in [0.25, 0.3) is 0 Å². The molecule has 0 spiro atoms. The van der Waals surface area contributed by atoms with Crippen molar-refractivity contribution >= 4 is 5.91 Å². The van der Waals surface area contributed by atoms with Gasteiger partial charge in [0.1, 0.15) is 0 Å². The first-order chi connectivity index (χ1) is 9.25. The molecule has 1 saturated heterocycles. The van der Waals surface area contributed by atoms with E-state index in [1.807, 2.05) is 0 Å². The minimum atomic E-state index is -5.82. The van der Waals surface area contributed by atoms with Crippen LogP contribution in [0.4, 0.5) is 22.0 Å². The summed E-state index contributed by atoms with van der Waals surface area (Å²) in [6, 6.07) is -0.448. The average Bonchev–Trinajstić information content (AvgIpc) is 2.86. The Kier molecular flexibility index (Phi) is 4.25. The van der Waals surface area contributed by atoms with Gasteiger partial charge in [0.15, 0.2) is 0 Å². The van der Waals surface area contributed by atoms with Gasteiger partial charge in [-0.25, -0.2) is 0 Å². The molecule has 1 atom stereocenters. The van der Waals surface area contributed by atoms with E-state index in [4.69, 9.17) is 0 Å². The number of likely N-dealkylation sites (tertiary alicyclic amines) is 1. The van der Waals surface area contributed by atoms with E-state index in [1.165, 1.54) is 0 Å². The monoisotopic (exact) mass is 299 g/mol. The number of carbonyl (C=O) groups is 1. The van der Waals surface area contributed by atoms with E-state index in [1.54, 1.807) is 0 Å². The molecule has 20 heavy (non-hydrogen) atoms. The molecule has 2 rings (SSSR count). The van der Waals surface area contributed by atoms with Gasteiger partial charge >= 0.3 is 18.0 Å². The molecule has 2 fully saturated rings. The SMILES string of the molecule is O=C(N1CCCC1C1CCCCC1)C(F)(F)C(F)(F)F. The van der Waals surface area contributed by atoms with Crippen molar-refractivity contribution in [3.8, 4) is 0 Å². The molecule has 1 aliphatic heterocycles. The number of halogens is 5. The maximum atomic E-state index is 13.2. The predicted molar refractivity (Wildman–Crippen MR) is 62.3 cm³/mol. The summed E-state index contributed by atoms with van der Waals surface area (Å²) >= 11 is 0. The largest absolute Gasteiger partial charge is 0.463 e. The van der Waals surface area contributed by atoms with Gasteiger partial charge in [-0.1, -0.05) is 19.3 Å². The molecule has 0 N–H and O–H groups in total. The number of rotatable bonds is 2. The highest BCUT2D eigenvalue weighted by molar-refractivity contribution is 5.85. The average molecular weight is 299 g/mol. The van der Waals surface area contributed by atoms with Gasteiger partial charge in [-0.15, -0.1) is 0 Å². The Labute approximate surface area is 114 Å². The van der Waals surface area contributed by atoms with E-state index in [9.17, 15) is 26.7 Å². The van der Waals surface area contributed by atoms with Crippen LogP contribution in [-0.2, 0) is 4.79 Å². The van der Waals surface area contributed by atoms with Gasteiger partial charge in [-0.05, 0) is 31.6 Å². The summed E-state index contributed by atoms with van der Waals surface area (Å²) in [4.78, 5) is 12.4. The summed E-state index contributed by atoms with van der Waals surface area (Å²) in [7, 11) is 0. The molecule has 1 unspecified atom stereocenters. The molecular weight excluding hydrogens is 281 g/mol. The fourth-order valence-corrected chi connectivity index (χ4v) is 3.36. The Morgan fingerprint density at radius 1 is 0.900 bits per heavy atom. The van der Waals surface area contributed by atoms with Crippen LogP contribution in [0.15, 0.2) is 0 Å². The van der Waals surface area contributed by atoms with E-state index < -0.39 is 24.0 Å². The second-order valence-electron chi connectivity index (χ2n) is 5.68. The Hall–Kier alpha value is -0.880. The van der Waals surface area contributed by atoms with Crippen LogP contribution >= 0.6 is 0 Å². The number of hydrogen-bond donors (Lipinski definition) is 0. The van der Waals surface area contributed by atoms with Gasteiger partial charge in [-0.3, -0.25) is 4.79 Å². The molecule has 0 aromatic heterocycles. The van der Waals surface area contributed by atoms with Gasteiger partial charge in [0.2, 0.25) is 0 Å². The van der Waals surface area contributed by atoms with Crippen LogP contribution < -0.4 is 0 Å². The molecule has 0 radical (unpaired) electrons. The van der Waals surface area contributed by atoms with Crippen LogP contribution in [0.25, 0.3) is 0 Å². The molecule has 1 heterocycles. The second kappa shape index (κ2) is 5.48. The van der Waals surface area contributed by atoms with Gasteiger partial charge < -0.3 is 4.90 Å². The minimum absolute atomic E-state index is 0.00562. The summed E-state index contributed by atoms with van der Waals surface area (Å²) in [5, 5.41) is 0. The van der Waals surface area contributed by atoms with Crippen LogP contribution in [0.5, 0.6) is 0 Å². The highest BCUT2D eigenvalue weighted by Gasteiger charge is 2.65. The molecule has 2 aliphatic rings. The molecule has 2 nitrogen and oxygen atoms in total. The van der Waals surface area contributed by atoms with Crippen molar-refractivity contribution in [3.63, 3.8) is 0 Å². The zero-order chi connectivity index (χ0) is 15.0. The smallest absolute Gasteiger partial charge is 0.334 e. The quantitative estimate of drug-likeness (QED) is 0.711. The lowest BCUT2D eigenvalue weighted by molar-refractivity contribution is -0.275. The minimum Gasteiger partial charge on any atom is -0.334 e. The van der Waals surface area contributed by atoms with E-state index in [0.717, 1.165) is 37.0 Å². The van der Waals surface area contributed by atoms with Crippen molar-refractivity contribution in [2.75, 3.05) is 6.54 Å². The first kappa shape index (κ1) is 15.5. The molecule has 1 saturated carbocycles. The summed E-state index contributed by atoms with van der Waals surface area (Å²) in [6.07, 6.45) is -0.180. The molecule has 0 bridgehead atoms. The maximum Gasteiger partial charge on any atom is 0.463 e. The standard InChI is InChI=1S/C13H18F5NO/c14-12(15,13(16,17)18)11(20)19-8-4-7-10(19)9-5-2-1-3-6-9/h9-10H,1-8H2. The third-order valence-electron chi connectivity index (χ3n) is 4.38. The molecule has 0 aromatic rings. The van der Waals surface area contributed by atoms with Crippen LogP contribution in [0, 0.1) is 5.92 Å².